The van der Waals surface area contributed by atoms with E-state index >= 15 is 0 Å². The Morgan fingerprint density at radius 2 is 2.07 bits per heavy atom. The second-order valence-corrected chi connectivity index (χ2v) is 5.38. The van der Waals surface area contributed by atoms with Crippen molar-refractivity contribution in [2.45, 2.75) is 37.4 Å². The van der Waals surface area contributed by atoms with Crippen LogP contribution in [0.5, 0.6) is 0 Å². The van der Waals surface area contributed by atoms with Gasteiger partial charge in [0.1, 0.15) is 0 Å². The summed E-state index contributed by atoms with van der Waals surface area (Å²) in [5, 5.41) is 0.789. The highest BCUT2D eigenvalue weighted by molar-refractivity contribution is 7.99. The summed E-state index contributed by atoms with van der Waals surface area (Å²) in [5.74, 6) is 1.87. The molecule has 2 unspecified atom stereocenters. The number of hydrogen-bond donors (Lipinski definition) is 1. The van der Waals surface area contributed by atoms with Crippen molar-refractivity contribution in [2.75, 3.05) is 26.0 Å². The van der Waals surface area contributed by atoms with Gasteiger partial charge in [0.05, 0.1) is 6.61 Å². The topological polar surface area (TPSA) is 35.2 Å². The molecule has 0 amide bonds. The lowest BCUT2D eigenvalue weighted by Crippen LogP contribution is -2.25. The van der Waals surface area contributed by atoms with Gasteiger partial charge in [-0.25, -0.2) is 0 Å². The Labute approximate surface area is 92.0 Å². The number of nitrogens with two attached hydrogens (primary N) is 1. The fraction of sp³-hybridized carbons (Fsp3) is 1.00. The molecule has 2 atom stereocenters. The number of ether oxygens (including phenoxy) is 1. The summed E-state index contributed by atoms with van der Waals surface area (Å²) >= 11 is 2.06. The van der Waals surface area contributed by atoms with E-state index in [0.29, 0.717) is 0 Å². The molecular formula is C11H23NOS. The molecule has 3 heteroatoms. The molecule has 0 aromatic rings. The summed E-state index contributed by atoms with van der Waals surface area (Å²) in [5.41, 5.74) is 5.82. The SMILES string of the molecule is COCCSC1CCCCCC1CN. The largest absolute Gasteiger partial charge is 0.384 e. The third kappa shape index (κ3) is 4.20. The van der Waals surface area contributed by atoms with Crippen LogP contribution in [0.2, 0.25) is 0 Å². The maximum absolute atomic E-state index is 5.82. The van der Waals surface area contributed by atoms with Gasteiger partial charge in [-0.1, -0.05) is 19.3 Å². The molecule has 0 heterocycles. The van der Waals surface area contributed by atoms with E-state index in [1.165, 1.54) is 32.1 Å². The lowest BCUT2D eigenvalue weighted by Gasteiger charge is -2.22. The number of thioether (sulfide) groups is 1. The van der Waals surface area contributed by atoms with Crippen molar-refractivity contribution in [1.29, 1.82) is 0 Å². The van der Waals surface area contributed by atoms with Crippen LogP contribution in [0.3, 0.4) is 0 Å². The van der Waals surface area contributed by atoms with E-state index in [9.17, 15) is 0 Å². The van der Waals surface area contributed by atoms with Gasteiger partial charge < -0.3 is 10.5 Å². The zero-order valence-corrected chi connectivity index (χ0v) is 10.0. The average Bonchev–Trinajstić information content (AvgIpc) is 2.43. The molecule has 1 aliphatic carbocycles. The fourth-order valence-electron chi connectivity index (χ4n) is 2.12. The Hall–Kier alpha value is 0.270. The molecule has 0 aromatic heterocycles. The lowest BCUT2D eigenvalue weighted by molar-refractivity contribution is 0.218. The van der Waals surface area contributed by atoms with E-state index < -0.39 is 0 Å². The van der Waals surface area contributed by atoms with Gasteiger partial charge in [-0.05, 0) is 25.3 Å². The summed E-state index contributed by atoms with van der Waals surface area (Å²) in [6, 6.07) is 0. The second kappa shape index (κ2) is 7.55. The summed E-state index contributed by atoms with van der Waals surface area (Å²) in [6.45, 7) is 1.74. The monoisotopic (exact) mass is 217 g/mol. The first-order valence-corrected chi connectivity index (χ1v) is 6.74. The molecule has 84 valence electrons. The van der Waals surface area contributed by atoms with Gasteiger partial charge in [-0.2, -0.15) is 11.8 Å². The van der Waals surface area contributed by atoms with Crippen molar-refractivity contribution in [1.82, 2.24) is 0 Å². The minimum atomic E-state index is 0.749. The predicted molar refractivity (Wildman–Crippen MR) is 63.8 cm³/mol. The smallest absolute Gasteiger partial charge is 0.0553 e. The van der Waals surface area contributed by atoms with Crippen LogP contribution >= 0.6 is 11.8 Å². The highest BCUT2D eigenvalue weighted by Crippen LogP contribution is 2.31. The third-order valence-electron chi connectivity index (χ3n) is 3.01. The molecule has 0 radical (unpaired) electrons. The van der Waals surface area contributed by atoms with Crippen LogP contribution in [0.15, 0.2) is 0 Å². The lowest BCUT2D eigenvalue weighted by atomic mass is 10.0. The van der Waals surface area contributed by atoms with Crippen LogP contribution in [-0.2, 0) is 4.74 Å². The summed E-state index contributed by atoms with van der Waals surface area (Å²) in [6.07, 6.45) is 6.86. The van der Waals surface area contributed by atoms with Crippen molar-refractivity contribution in [2.24, 2.45) is 11.7 Å². The highest BCUT2D eigenvalue weighted by atomic mass is 32.2. The van der Waals surface area contributed by atoms with Crippen LogP contribution in [-0.4, -0.2) is 31.3 Å². The van der Waals surface area contributed by atoms with Gasteiger partial charge in [-0.15, -0.1) is 0 Å². The van der Waals surface area contributed by atoms with Gasteiger partial charge in [0.2, 0.25) is 0 Å². The summed E-state index contributed by atoms with van der Waals surface area (Å²) < 4.78 is 5.08. The summed E-state index contributed by atoms with van der Waals surface area (Å²) in [7, 11) is 1.77. The van der Waals surface area contributed by atoms with Gasteiger partial charge in [-0.3, -0.25) is 0 Å². The Bertz CT molecular complexity index is 143. The predicted octanol–water partition coefficient (Wildman–Crippen LogP) is 2.27. The molecule has 1 fully saturated rings. The molecule has 0 bridgehead atoms. The van der Waals surface area contributed by atoms with E-state index in [0.717, 1.165) is 30.1 Å². The zero-order chi connectivity index (χ0) is 10.2. The quantitative estimate of drug-likeness (QED) is 0.567. The molecule has 2 N–H and O–H groups in total. The van der Waals surface area contributed by atoms with Crippen molar-refractivity contribution < 1.29 is 4.74 Å². The maximum Gasteiger partial charge on any atom is 0.0553 e. The van der Waals surface area contributed by atoms with Crippen molar-refractivity contribution in [3.63, 3.8) is 0 Å². The van der Waals surface area contributed by atoms with E-state index in [1.54, 1.807) is 7.11 Å². The van der Waals surface area contributed by atoms with Gasteiger partial charge in [0.15, 0.2) is 0 Å². The molecule has 14 heavy (non-hydrogen) atoms. The van der Waals surface area contributed by atoms with Gasteiger partial charge >= 0.3 is 0 Å². The number of hydrogen-bond acceptors (Lipinski definition) is 3. The molecular weight excluding hydrogens is 194 g/mol. The van der Waals surface area contributed by atoms with E-state index in [4.69, 9.17) is 10.5 Å². The molecule has 0 aromatic carbocycles. The molecule has 1 saturated carbocycles. The molecule has 1 aliphatic rings. The molecule has 0 spiro atoms. The van der Waals surface area contributed by atoms with Gasteiger partial charge in [0.25, 0.3) is 0 Å². The van der Waals surface area contributed by atoms with Crippen LogP contribution in [0.1, 0.15) is 32.1 Å². The van der Waals surface area contributed by atoms with Crippen molar-refractivity contribution in [3.05, 3.63) is 0 Å². The minimum Gasteiger partial charge on any atom is -0.384 e. The first-order chi connectivity index (χ1) is 6.88. The maximum atomic E-state index is 5.82. The Morgan fingerprint density at radius 1 is 1.29 bits per heavy atom. The number of methoxy groups -OCH3 is 1. The second-order valence-electron chi connectivity index (χ2n) is 4.04. The first-order valence-electron chi connectivity index (χ1n) is 5.69. The van der Waals surface area contributed by atoms with Gasteiger partial charge in [0, 0.05) is 18.1 Å². The van der Waals surface area contributed by atoms with E-state index in [2.05, 4.69) is 11.8 Å². The van der Waals surface area contributed by atoms with Crippen molar-refractivity contribution >= 4 is 11.8 Å². The molecule has 1 rings (SSSR count). The average molecular weight is 217 g/mol. The zero-order valence-electron chi connectivity index (χ0n) is 9.21. The van der Waals surface area contributed by atoms with Crippen LogP contribution in [0, 0.1) is 5.92 Å². The molecule has 0 saturated heterocycles. The van der Waals surface area contributed by atoms with Crippen molar-refractivity contribution in [3.8, 4) is 0 Å². The third-order valence-corrected chi connectivity index (χ3v) is 4.46. The van der Waals surface area contributed by atoms with Crippen LogP contribution in [0.25, 0.3) is 0 Å². The molecule has 0 aliphatic heterocycles. The van der Waals surface area contributed by atoms with Crippen LogP contribution in [0.4, 0.5) is 0 Å². The van der Waals surface area contributed by atoms with E-state index in [-0.39, 0.29) is 0 Å². The Balaban J connectivity index is 2.28. The first kappa shape index (κ1) is 12.3. The summed E-state index contributed by atoms with van der Waals surface area (Å²) in [4.78, 5) is 0. The number of rotatable bonds is 5. The van der Waals surface area contributed by atoms with E-state index in [1.807, 2.05) is 0 Å². The standard InChI is InChI=1S/C11H23NOS/c1-13-7-8-14-11-6-4-2-3-5-10(11)9-12/h10-11H,2-9,12H2,1H3. The Kier molecular flexibility index (Phi) is 6.65. The Morgan fingerprint density at radius 3 is 2.79 bits per heavy atom. The minimum absolute atomic E-state index is 0.749. The fourth-order valence-corrected chi connectivity index (χ4v) is 3.54. The normalized spacial score (nSPS) is 28.7. The highest BCUT2D eigenvalue weighted by Gasteiger charge is 2.22. The molecule has 2 nitrogen and oxygen atoms in total. The van der Waals surface area contributed by atoms with Crippen LogP contribution < -0.4 is 5.73 Å².